The number of benzene rings is 1. The molecule has 1 aromatic carbocycles. The summed E-state index contributed by atoms with van der Waals surface area (Å²) in [4.78, 5) is 0. The molecule has 3 nitrogen and oxygen atoms in total. The molecule has 86 valence electrons. The van der Waals surface area contributed by atoms with Gasteiger partial charge in [0.25, 0.3) is 0 Å². The second kappa shape index (κ2) is 4.18. The molecule has 1 aromatic rings. The van der Waals surface area contributed by atoms with E-state index in [0.29, 0.717) is 13.0 Å². The van der Waals surface area contributed by atoms with Crippen LogP contribution in [-0.2, 0) is 16.8 Å². The Labute approximate surface area is 103 Å². The lowest BCUT2D eigenvalue weighted by Crippen LogP contribution is -2.34. The van der Waals surface area contributed by atoms with E-state index in [2.05, 4.69) is 15.9 Å². The van der Waals surface area contributed by atoms with Crippen molar-refractivity contribution < 1.29 is 9.84 Å². The summed E-state index contributed by atoms with van der Waals surface area (Å²) in [5.41, 5.74) is 0.655. The van der Waals surface area contributed by atoms with E-state index >= 15 is 0 Å². The molecule has 0 radical (unpaired) electrons. The number of halogens is 1. The molecule has 4 heteroatoms. The second-order valence-corrected chi connectivity index (χ2v) is 4.84. The van der Waals surface area contributed by atoms with Gasteiger partial charge in [0.05, 0.1) is 6.61 Å². The fourth-order valence-electron chi connectivity index (χ4n) is 2.12. The summed E-state index contributed by atoms with van der Waals surface area (Å²) in [6.45, 7) is 2.22. The molecule has 2 rings (SSSR count). The third kappa shape index (κ3) is 1.76. The Balaban J connectivity index is 2.38. The van der Waals surface area contributed by atoms with Gasteiger partial charge in [-0.25, -0.2) is 0 Å². The van der Waals surface area contributed by atoms with Crippen molar-refractivity contribution in [2.45, 2.75) is 25.4 Å². The third-order valence-corrected chi connectivity index (χ3v) is 3.43. The molecule has 16 heavy (non-hydrogen) atoms. The predicted octanol–water partition coefficient (Wildman–Crippen LogP) is 2.60. The number of aryl methyl sites for hydroxylation is 1. The van der Waals surface area contributed by atoms with Gasteiger partial charge in [0, 0.05) is 4.47 Å². The van der Waals surface area contributed by atoms with E-state index in [-0.39, 0.29) is 5.90 Å². The Hall–Kier alpha value is -0.870. The first kappa shape index (κ1) is 11.6. The van der Waals surface area contributed by atoms with Gasteiger partial charge in [0.2, 0.25) is 5.90 Å². The SMILES string of the molecule is CCOC(=N)C1(O)CCc2cc(Br)ccc21. The van der Waals surface area contributed by atoms with Crippen molar-refractivity contribution in [3.05, 3.63) is 33.8 Å². The van der Waals surface area contributed by atoms with E-state index in [1.807, 2.05) is 25.1 Å². The summed E-state index contributed by atoms with van der Waals surface area (Å²) >= 11 is 3.40. The first-order chi connectivity index (χ1) is 7.58. The maximum Gasteiger partial charge on any atom is 0.218 e. The Morgan fingerprint density at radius 3 is 3.06 bits per heavy atom. The van der Waals surface area contributed by atoms with E-state index in [9.17, 15) is 5.11 Å². The fraction of sp³-hybridized carbons (Fsp3) is 0.417. The molecular formula is C12H14BrNO2. The van der Waals surface area contributed by atoms with Gasteiger partial charge in [0.15, 0.2) is 5.60 Å². The molecule has 2 N–H and O–H groups in total. The first-order valence-electron chi connectivity index (χ1n) is 5.31. The largest absolute Gasteiger partial charge is 0.479 e. The highest BCUT2D eigenvalue weighted by Gasteiger charge is 2.42. The van der Waals surface area contributed by atoms with E-state index in [1.54, 1.807) is 0 Å². The lowest BCUT2D eigenvalue weighted by molar-refractivity contribution is 0.0782. The number of nitrogens with one attached hydrogen (secondary N) is 1. The Morgan fingerprint density at radius 1 is 1.62 bits per heavy atom. The van der Waals surface area contributed by atoms with Crippen molar-refractivity contribution in [2.75, 3.05) is 6.61 Å². The highest BCUT2D eigenvalue weighted by Crippen LogP contribution is 2.39. The number of hydrogen-bond acceptors (Lipinski definition) is 3. The van der Waals surface area contributed by atoms with Crippen LogP contribution in [0.5, 0.6) is 0 Å². The first-order valence-corrected chi connectivity index (χ1v) is 6.10. The number of fused-ring (bicyclic) bond motifs is 1. The molecule has 0 aliphatic heterocycles. The average molecular weight is 284 g/mol. The highest BCUT2D eigenvalue weighted by molar-refractivity contribution is 9.10. The molecule has 0 bridgehead atoms. The standard InChI is InChI=1S/C12H14BrNO2/c1-2-16-11(14)12(15)6-5-8-7-9(13)3-4-10(8)12/h3-4,7,14-15H,2,5-6H2,1H3. The lowest BCUT2D eigenvalue weighted by Gasteiger charge is -2.24. The van der Waals surface area contributed by atoms with Gasteiger partial charge in [-0.2, -0.15) is 0 Å². The zero-order valence-electron chi connectivity index (χ0n) is 9.09. The molecule has 1 aliphatic carbocycles. The molecule has 0 heterocycles. The smallest absolute Gasteiger partial charge is 0.218 e. The molecule has 1 atom stereocenters. The van der Waals surface area contributed by atoms with Crippen LogP contribution in [-0.4, -0.2) is 17.6 Å². The zero-order valence-corrected chi connectivity index (χ0v) is 10.7. The minimum absolute atomic E-state index is 0.0453. The van der Waals surface area contributed by atoms with Crippen LogP contribution in [0.2, 0.25) is 0 Å². The topological polar surface area (TPSA) is 53.3 Å². The van der Waals surface area contributed by atoms with Crippen LogP contribution in [0.1, 0.15) is 24.5 Å². The van der Waals surface area contributed by atoms with Gasteiger partial charge in [0.1, 0.15) is 0 Å². The number of hydrogen-bond donors (Lipinski definition) is 2. The second-order valence-electron chi connectivity index (χ2n) is 3.92. The van der Waals surface area contributed by atoms with Crippen molar-refractivity contribution in [3.8, 4) is 0 Å². The van der Waals surface area contributed by atoms with Crippen molar-refractivity contribution in [2.24, 2.45) is 0 Å². The molecule has 1 unspecified atom stereocenters. The van der Waals surface area contributed by atoms with Crippen molar-refractivity contribution >= 4 is 21.8 Å². The van der Waals surface area contributed by atoms with Crippen LogP contribution in [0, 0.1) is 5.41 Å². The normalized spacial score (nSPS) is 22.9. The lowest BCUT2D eigenvalue weighted by atomic mass is 9.96. The predicted molar refractivity (Wildman–Crippen MR) is 65.7 cm³/mol. The third-order valence-electron chi connectivity index (χ3n) is 2.93. The maximum absolute atomic E-state index is 10.5. The Morgan fingerprint density at radius 2 is 2.38 bits per heavy atom. The fourth-order valence-corrected chi connectivity index (χ4v) is 2.53. The van der Waals surface area contributed by atoms with Crippen LogP contribution in [0.25, 0.3) is 0 Å². The van der Waals surface area contributed by atoms with Crippen LogP contribution in [0.4, 0.5) is 0 Å². The minimum atomic E-state index is -1.23. The Kier molecular flexibility index (Phi) is 3.04. The summed E-state index contributed by atoms with van der Waals surface area (Å²) in [6.07, 6.45) is 1.30. The average Bonchev–Trinajstić information content (AvgIpc) is 2.58. The summed E-state index contributed by atoms with van der Waals surface area (Å²) in [5.74, 6) is -0.0453. The van der Waals surface area contributed by atoms with E-state index < -0.39 is 5.60 Å². The number of rotatable bonds is 2. The summed E-state index contributed by atoms with van der Waals surface area (Å²) < 4.78 is 6.14. The highest BCUT2D eigenvalue weighted by atomic mass is 79.9. The Bertz CT molecular complexity index is 433. The monoisotopic (exact) mass is 283 g/mol. The molecule has 0 aromatic heterocycles. The van der Waals surface area contributed by atoms with Gasteiger partial charge in [-0.1, -0.05) is 22.0 Å². The van der Waals surface area contributed by atoms with Gasteiger partial charge in [-0.15, -0.1) is 0 Å². The van der Waals surface area contributed by atoms with Crippen molar-refractivity contribution in [3.63, 3.8) is 0 Å². The van der Waals surface area contributed by atoms with Crippen molar-refractivity contribution in [1.29, 1.82) is 5.41 Å². The molecular weight excluding hydrogens is 270 g/mol. The van der Waals surface area contributed by atoms with Crippen molar-refractivity contribution in [1.82, 2.24) is 0 Å². The summed E-state index contributed by atoms with van der Waals surface area (Å²) in [5, 5.41) is 18.3. The van der Waals surface area contributed by atoms with Gasteiger partial charge in [-0.3, -0.25) is 5.41 Å². The van der Waals surface area contributed by atoms with Gasteiger partial charge >= 0.3 is 0 Å². The van der Waals surface area contributed by atoms with E-state index in [1.165, 1.54) is 0 Å². The molecule has 0 fully saturated rings. The van der Waals surface area contributed by atoms with Gasteiger partial charge < -0.3 is 9.84 Å². The molecule has 0 saturated carbocycles. The summed E-state index contributed by atoms with van der Waals surface area (Å²) in [7, 11) is 0. The molecule has 0 spiro atoms. The van der Waals surface area contributed by atoms with Gasteiger partial charge in [-0.05, 0) is 43.0 Å². The van der Waals surface area contributed by atoms with Crippen LogP contribution >= 0.6 is 15.9 Å². The molecule has 1 aliphatic rings. The minimum Gasteiger partial charge on any atom is -0.479 e. The maximum atomic E-state index is 10.5. The van der Waals surface area contributed by atoms with Crippen LogP contribution in [0.3, 0.4) is 0 Å². The zero-order chi connectivity index (χ0) is 11.8. The van der Waals surface area contributed by atoms with Crippen LogP contribution in [0.15, 0.2) is 22.7 Å². The molecule has 0 amide bonds. The molecule has 0 saturated heterocycles. The van der Waals surface area contributed by atoms with Crippen LogP contribution < -0.4 is 0 Å². The number of aliphatic hydroxyl groups is 1. The van der Waals surface area contributed by atoms with E-state index in [4.69, 9.17) is 10.1 Å². The summed E-state index contributed by atoms with van der Waals surface area (Å²) in [6, 6.07) is 5.74. The number of ether oxygens (including phenoxy) is 1. The quantitative estimate of drug-likeness (QED) is 0.648. The van der Waals surface area contributed by atoms with E-state index in [0.717, 1.165) is 22.0 Å².